The molecule has 0 spiro atoms. The summed E-state index contributed by atoms with van der Waals surface area (Å²) in [6, 6.07) is 5.64. The predicted molar refractivity (Wildman–Crippen MR) is 76.5 cm³/mol. The summed E-state index contributed by atoms with van der Waals surface area (Å²) in [4.78, 5) is 4.46. The average Bonchev–Trinajstić information content (AvgIpc) is 2.43. The largest absolute Gasteiger partial charge is 0.416 e. The third-order valence-corrected chi connectivity index (χ3v) is 4.29. The Bertz CT molecular complexity index is 477. The van der Waals surface area contributed by atoms with Gasteiger partial charge in [-0.15, -0.1) is 0 Å². The summed E-state index contributed by atoms with van der Waals surface area (Å²) in [5.74, 6) is 0.741. The fraction of sp³-hybridized carbons (Fsp3) is 0.600. The first-order valence-corrected chi connectivity index (χ1v) is 7.37. The van der Waals surface area contributed by atoms with Gasteiger partial charge in [0, 0.05) is 51.5 Å². The number of rotatable bonds is 3. The number of nitrogens with one attached hydrogen (secondary N) is 1. The first-order chi connectivity index (χ1) is 10.0. The number of hydrogen-bond acceptors (Lipinski definition) is 3. The molecule has 2 fully saturated rings. The molecule has 3 nitrogen and oxygen atoms in total. The highest BCUT2D eigenvalue weighted by Gasteiger charge is 2.31. The van der Waals surface area contributed by atoms with Crippen LogP contribution in [0, 0.1) is 5.92 Å². The fourth-order valence-corrected chi connectivity index (χ4v) is 2.91. The second-order valence-corrected chi connectivity index (χ2v) is 5.86. The molecule has 116 valence electrons. The Morgan fingerprint density at radius 1 is 1.10 bits per heavy atom. The third-order valence-electron chi connectivity index (χ3n) is 4.29. The van der Waals surface area contributed by atoms with Crippen LogP contribution in [0.1, 0.15) is 5.56 Å². The first-order valence-electron chi connectivity index (χ1n) is 7.37. The number of nitrogens with zero attached hydrogens (tertiary/aromatic N) is 2. The molecule has 1 N–H and O–H groups in total. The maximum atomic E-state index is 12.8. The van der Waals surface area contributed by atoms with Gasteiger partial charge < -0.3 is 10.2 Å². The van der Waals surface area contributed by atoms with Crippen molar-refractivity contribution in [3.8, 4) is 0 Å². The van der Waals surface area contributed by atoms with Gasteiger partial charge in [0.15, 0.2) is 0 Å². The summed E-state index contributed by atoms with van der Waals surface area (Å²) in [7, 11) is 0. The standard InChI is InChI=1S/C15H20F3N3/c16-15(17,18)13-2-1-3-14(8-13)21-6-4-20(5-7-21)11-12-9-19-10-12/h1-3,8,12,19H,4-7,9-11H2. The maximum absolute atomic E-state index is 12.8. The summed E-state index contributed by atoms with van der Waals surface area (Å²) in [6.45, 7) is 6.72. The van der Waals surface area contributed by atoms with Crippen molar-refractivity contribution in [2.75, 3.05) is 50.7 Å². The van der Waals surface area contributed by atoms with E-state index in [0.717, 1.165) is 57.8 Å². The van der Waals surface area contributed by atoms with Crippen molar-refractivity contribution in [3.63, 3.8) is 0 Å². The van der Waals surface area contributed by atoms with Crippen molar-refractivity contribution < 1.29 is 13.2 Å². The quantitative estimate of drug-likeness (QED) is 0.921. The van der Waals surface area contributed by atoms with Crippen molar-refractivity contribution in [1.82, 2.24) is 10.2 Å². The van der Waals surface area contributed by atoms with E-state index in [4.69, 9.17) is 0 Å². The van der Waals surface area contributed by atoms with Crippen LogP contribution in [-0.2, 0) is 6.18 Å². The average molecular weight is 299 g/mol. The highest BCUT2D eigenvalue weighted by atomic mass is 19.4. The minimum Gasteiger partial charge on any atom is -0.369 e. The van der Waals surface area contributed by atoms with Crippen molar-refractivity contribution in [1.29, 1.82) is 0 Å². The Labute approximate surface area is 122 Å². The molecule has 0 amide bonds. The van der Waals surface area contributed by atoms with Crippen LogP contribution < -0.4 is 10.2 Å². The van der Waals surface area contributed by atoms with E-state index < -0.39 is 11.7 Å². The zero-order valence-electron chi connectivity index (χ0n) is 11.9. The zero-order chi connectivity index (χ0) is 14.9. The monoisotopic (exact) mass is 299 g/mol. The van der Waals surface area contributed by atoms with Gasteiger partial charge in [-0.25, -0.2) is 0 Å². The van der Waals surface area contributed by atoms with Crippen LogP contribution in [0.5, 0.6) is 0 Å². The molecule has 0 saturated carbocycles. The van der Waals surface area contributed by atoms with Crippen LogP contribution >= 0.6 is 0 Å². The van der Waals surface area contributed by atoms with Crippen molar-refractivity contribution in [2.24, 2.45) is 5.92 Å². The molecule has 1 aromatic carbocycles. The summed E-state index contributed by atoms with van der Waals surface area (Å²) in [6.07, 6.45) is -4.27. The summed E-state index contributed by atoms with van der Waals surface area (Å²) in [5.41, 5.74) is 0.109. The Morgan fingerprint density at radius 3 is 2.38 bits per heavy atom. The third kappa shape index (κ3) is 3.49. The molecule has 3 rings (SSSR count). The normalized spacial score (nSPS) is 21.4. The van der Waals surface area contributed by atoms with Gasteiger partial charge in [0.2, 0.25) is 0 Å². The molecule has 0 radical (unpaired) electrons. The lowest BCUT2D eigenvalue weighted by Gasteiger charge is -2.39. The molecule has 0 unspecified atom stereocenters. The summed E-state index contributed by atoms with van der Waals surface area (Å²) < 4.78 is 38.3. The molecule has 0 aliphatic carbocycles. The second kappa shape index (κ2) is 5.85. The molecular weight excluding hydrogens is 279 g/mol. The van der Waals surface area contributed by atoms with E-state index in [2.05, 4.69) is 10.2 Å². The zero-order valence-corrected chi connectivity index (χ0v) is 11.9. The predicted octanol–water partition coefficient (Wildman–Crippen LogP) is 2.05. The number of hydrogen-bond donors (Lipinski definition) is 1. The van der Waals surface area contributed by atoms with Gasteiger partial charge in [-0.1, -0.05) is 6.07 Å². The maximum Gasteiger partial charge on any atom is 0.416 e. The second-order valence-electron chi connectivity index (χ2n) is 5.86. The minimum absolute atomic E-state index is 0.567. The highest BCUT2D eigenvalue weighted by Crippen LogP contribution is 2.31. The molecule has 2 heterocycles. The molecule has 21 heavy (non-hydrogen) atoms. The van der Waals surface area contributed by atoms with Gasteiger partial charge in [0.1, 0.15) is 0 Å². The van der Waals surface area contributed by atoms with E-state index in [1.807, 2.05) is 4.90 Å². The minimum atomic E-state index is -4.27. The van der Waals surface area contributed by atoms with Crippen molar-refractivity contribution >= 4 is 5.69 Å². The van der Waals surface area contributed by atoms with E-state index in [1.54, 1.807) is 6.07 Å². The molecule has 6 heteroatoms. The van der Waals surface area contributed by atoms with Gasteiger partial charge >= 0.3 is 6.18 Å². The van der Waals surface area contributed by atoms with Gasteiger partial charge in [0.25, 0.3) is 0 Å². The van der Waals surface area contributed by atoms with Gasteiger partial charge in [-0.2, -0.15) is 13.2 Å². The van der Waals surface area contributed by atoms with Crippen LogP contribution in [0.15, 0.2) is 24.3 Å². The molecular formula is C15H20F3N3. The number of piperazine rings is 1. The lowest BCUT2D eigenvalue weighted by molar-refractivity contribution is -0.137. The van der Waals surface area contributed by atoms with Crippen molar-refractivity contribution in [2.45, 2.75) is 6.18 Å². The molecule has 1 aromatic rings. The number of alkyl halides is 3. The Hall–Kier alpha value is -1.27. The summed E-state index contributed by atoms with van der Waals surface area (Å²) in [5, 5.41) is 3.26. The molecule has 0 bridgehead atoms. The first kappa shape index (κ1) is 14.7. The van der Waals surface area contributed by atoms with Crippen LogP contribution in [-0.4, -0.2) is 50.7 Å². The fourth-order valence-electron chi connectivity index (χ4n) is 2.91. The lowest BCUT2D eigenvalue weighted by Crippen LogP contribution is -2.53. The van der Waals surface area contributed by atoms with Gasteiger partial charge in [-0.3, -0.25) is 4.90 Å². The van der Waals surface area contributed by atoms with Gasteiger partial charge in [0.05, 0.1) is 5.56 Å². The number of halogens is 3. The van der Waals surface area contributed by atoms with E-state index >= 15 is 0 Å². The van der Waals surface area contributed by atoms with E-state index in [9.17, 15) is 13.2 Å². The molecule has 0 aromatic heterocycles. The van der Waals surface area contributed by atoms with Crippen LogP contribution in [0.2, 0.25) is 0 Å². The van der Waals surface area contributed by atoms with E-state index in [0.29, 0.717) is 5.69 Å². The van der Waals surface area contributed by atoms with Crippen LogP contribution in [0.3, 0.4) is 0 Å². The Kier molecular flexibility index (Phi) is 4.08. The smallest absolute Gasteiger partial charge is 0.369 e. The van der Waals surface area contributed by atoms with Gasteiger partial charge in [-0.05, 0) is 24.1 Å². The SMILES string of the molecule is FC(F)(F)c1cccc(N2CCN(CC3CNC3)CC2)c1. The number of anilines is 1. The van der Waals surface area contributed by atoms with E-state index in [-0.39, 0.29) is 0 Å². The number of benzene rings is 1. The molecule has 0 atom stereocenters. The van der Waals surface area contributed by atoms with Crippen LogP contribution in [0.25, 0.3) is 0 Å². The van der Waals surface area contributed by atoms with E-state index in [1.165, 1.54) is 12.1 Å². The molecule has 2 aliphatic heterocycles. The molecule has 2 aliphatic rings. The molecule has 2 saturated heterocycles. The highest BCUT2D eigenvalue weighted by molar-refractivity contribution is 5.49. The summed E-state index contributed by atoms with van der Waals surface area (Å²) >= 11 is 0. The van der Waals surface area contributed by atoms with Crippen molar-refractivity contribution in [3.05, 3.63) is 29.8 Å². The van der Waals surface area contributed by atoms with Crippen LogP contribution in [0.4, 0.5) is 18.9 Å². The Morgan fingerprint density at radius 2 is 1.81 bits per heavy atom. The Balaban J connectivity index is 1.58. The topological polar surface area (TPSA) is 18.5 Å². The lowest BCUT2D eigenvalue weighted by atomic mass is 10.0.